The Morgan fingerprint density at radius 2 is 2.21 bits per heavy atom. The summed E-state index contributed by atoms with van der Waals surface area (Å²) in [4.78, 5) is 28.2. The number of carbonyl (C=O) groups is 2. The Balaban J connectivity index is 2.80. The van der Waals surface area contributed by atoms with Gasteiger partial charge in [0.25, 0.3) is 5.91 Å². The zero-order valence-corrected chi connectivity index (χ0v) is 10.6. The molecule has 0 aliphatic heterocycles. The van der Waals surface area contributed by atoms with Gasteiger partial charge in [0, 0.05) is 25.9 Å². The van der Waals surface area contributed by atoms with Crippen LogP contribution < -0.4 is 11.1 Å². The third-order valence-electron chi connectivity index (χ3n) is 2.39. The molecule has 1 aromatic heterocycles. The fourth-order valence-electron chi connectivity index (χ4n) is 1.29. The third-order valence-corrected chi connectivity index (χ3v) is 2.39. The molecule has 19 heavy (non-hydrogen) atoms. The van der Waals surface area contributed by atoms with Crippen LogP contribution >= 0.6 is 0 Å². The maximum absolute atomic E-state index is 11.9. The molecule has 8 heteroatoms. The molecule has 4 N–H and O–H groups in total. The minimum absolute atomic E-state index is 0.0565. The van der Waals surface area contributed by atoms with E-state index in [0.29, 0.717) is 5.56 Å². The minimum atomic E-state index is -0.394. The van der Waals surface area contributed by atoms with E-state index in [-0.39, 0.29) is 24.0 Å². The van der Waals surface area contributed by atoms with Crippen molar-refractivity contribution in [1.29, 1.82) is 0 Å². The Labute approximate surface area is 109 Å². The number of hydrogen-bond donors (Lipinski definition) is 3. The number of amidine groups is 1. The summed E-state index contributed by atoms with van der Waals surface area (Å²) in [6.07, 6.45) is 1.32. The Kier molecular flexibility index (Phi) is 4.81. The molecule has 1 heterocycles. The molecule has 0 bridgehead atoms. The summed E-state index contributed by atoms with van der Waals surface area (Å²) in [5.74, 6) is -0.760. The summed E-state index contributed by atoms with van der Waals surface area (Å²) in [6.45, 7) is -0.0565. The lowest BCUT2D eigenvalue weighted by molar-refractivity contribution is -0.121. The van der Waals surface area contributed by atoms with Crippen LogP contribution in [-0.4, -0.2) is 53.4 Å². The molecule has 0 atom stereocenters. The highest BCUT2D eigenvalue weighted by molar-refractivity contribution is 5.98. The van der Waals surface area contributed by atoms with Crippen molar-refractivity contribution in [3.05, 3.63) is 29.6 Å². The van der Waals surface area contributed by atoms with Crippen molar-refractivity contribution in [2.75, 3.05) is 20.6 Å². The summed E-state index contributed by atoms with van der Waals surface area (Å²) in [6, 6.07) is 2.94. The van der Waals surface area contributed by atoms with E-state index in [1.807, 2.05) is 0 Å². The largest absolute Gasteiger partial charge is 0.409 e. The Morgan fingerprint density at radius 3 is 2.68 bits per heavy atom. The van der Waals surface area contributed by atoms with Gasteiger partial charge in [0.2, 0.25) is 5.91 Å². The van der Waals surface area contributed by atoms with Gasteiger partial charge in [-0.15, -0.1) is 0 Å². The van der Waals surface area contributed by atoms with Crippen molar-refractivity contribution in [2.45, 2.75) is 0 Å². The average molecular weight is 265 g/mol. The fraction of sp³-hybridized carbons (Fsp3) is 0.273. The first kappa shape index (κ1) is 14.4. The van der Waals surface area contributed by atoms with Crippen LogP contribution in [0.2, 0.25) is 0 Å². The fourth-order valence-corrected chi connectivity index (χ4v) is 1.29. The number of amides is 2. The second-order valence-electron chi connectivity index (χ2n) is 3.75. The summed E-state index contributed by atoms with van der Waals surface area (Å²) in [5.41, 5.74) is 5.94. The predicted octanol–water partition coefficient (Wildman–Crippen LogP) is -1.01. The number of aromatic nitrogens is 1. The van der Waals surface area contributed by atoms with E-state index in [1.54, 1.807) is 0 Å². The van der Waals surface area contributed by atoms with Crippen molar-refractivity contribution in [2.24, 2.45) is 10.9 Å². The van der Waals surface area contributed by atoms with Crippen molar-refractivity contribution in [3.8, 4) is 0 Å². The molecule has 1 aromatic rings. The number of oxime groups is 1. The molecular weight excluding hydrogens is 250 g/mol. The molecule has 0 spiro atoms. The van der Waals surface area contributed by atoms with Gasteiger partial charge >= 0.3 is 0 Å². The Morgan fingerprint density at radius 1 is 1.53 bits per heavy atom. The number of nitrogens with one attached hydrogen (secondary N) is 1. The Hall–Kier alpha value is -2.64. The quantitative estimate of drug-likeness (QED) is 0.279. The second-order valence-corrected chi connectivity index (χ2v) is 3.75. The molecule has 0 saturated carbocycles. The SMILES string of the molecule is CNC(=O)CN(C)C(=O)c1ccc(C(N)=NO)cn1. The molecule has 0 aliphatic rings. The van der Waals surface area contributed by atoms with E-state index in [4.69, 9.17) is 10.9 Å². The van der Waals surface area contributed by atoms with E-state index < -0.39 is 5.91 Å². The smallest absolute Gasteiger partial charge is 0.272 e. The van der Waals surface area contributed by atoms with Crippen LogP contribution in [0.1, 0.15) is 16.1 Å². The van der Waals surface area contributed by atoms with Gasteiger partial charge in [-0.1, -0.05) is 5.16 Å². The maximum atomic E-state index is 11.9. The van der Waals surface area contributed by atoms with Gasteiger partial charge in [0.05, 0.1) is 6.54 Å². The lowest BCUT2D eigenvalue weighted by Gasteiger charge is -2.15. The third kappa shape index (κ3) is 3.66. The van der Waals surface area contributed by atoms with Crippen molar-refractivity contribution in [1.82, 2.24) is 15.2 Å². The topological polar surface area (TPSA) is 121 Å². The lowest BCUT2D eigenvalue weighted by Crippen LogP contribution is -2.37. The molecule has 1 rings (SSSR count). The molecule has 0 saturated heterocycles. The highest BCUT2D eigenvalue weighted by atomic mass is 16.4. The molecule has 102 valence electrons. The summed E-state index contributed by atoms with van der Waals surface area (Å²) >= 11 is 0. The van der Waals surface area contributed by atoms with E-state index in [2.05, 4.69) is 15.5 Å². The van der Waals surface area contributed by atoms with Crippen molar-refractivity contribution < 1.29 is 14.8 Å². The molecule has 2 amide bonds. The summed E-state index contributed by atoms with van der Waals surface area (Å²) in [7, 11) is 2.99. The standard InChI is InChI=1S/C11H15N5O3/c1-13-9(17)6-16(2)11(18)8-4-3-7(5-14-8)10(12)15-19/h3-5,19H,6H2,1-2H3,(H2,12,15)(H,13,17). The zero-order chi connectivity index (χ0) is 14.4. The number of hydrogen-bond acceptors (Lipinski definition) is 5. The molecule has 0 fully saturated rings. The van der Waals surface area contributed by atoms with E-state index in [9.17, 15) is 9.59 Å². The summed E-state index contributed by atoms with van der Waals surface area (Å²) in [5, 5.41) is 13.7. The first-order valence-corrected chi connectivity index (χ1v) is 5.39. The van der Waals surface area contributed by atoms with Gasteiger partial charge < -0.3 is 21.2 Å². The van der Waals surface area contributed by atoms with Crippen LogP contribution in [0.15, 0.2) is 23.5 Å². The number of rotatable bonds is 4. The highest BCUT2D eigenvalue weighted by Gasteiger charge is 2.15. The van der Waals surface area contributed by atoms with Crippen molar-refractivity contribution >= 4 is 17.6 Å². The molecule has 8 nitrogen and oxygen atoms in total. The number of likely N-dealkylation sites (N-methyl/N-ethyl adjacent to an activating group) is 2. The van der Waals surface area contributed by atoms with E-state index >= 15 is 0 Å². The summed E-state index contributed by atoms with van der Waals surface area (Å²) < 4.78 is 0. The number of nitrogens with two attached hydrogens (primary N) is 1. The van der Waals surface area contributed by atoms with E-state index in [1.165, 1.54) is 37.3 Å². The van der Waals surface area contributed by atoms with Crippen LogP contribution in [0.25, 0.3) is 0 Å². The molecular formula is C11H15N5O3. The van der Waals surface area contributed by atoms with Gasteiger partial charge in [0.15, 0.2) is 5.84 Å². The van der Waals surface area contributed by atoms with Gasteiger partial charge in [0.1, 0.15) is 5.69 Å². The van der Waals surface area contributed by atoms with E-state index in [0.717, 1.165) is 0 Å². The predicted molar refractivity (Wildman–Crippen MR) is 67.8 cm³/mol. The van der Waals surface area contributed by atoms with Gasteiger partial charge in [-0.2, -0.15) is 0 Å². The van der Waals surface area contributed by atoms with Crippen LogP contribution in [0.5, 0.6) is 0 Å². The Bertz CT molecular complexity index is 498. The van der Waals surface area contributed by atoms with Gasteiger partial charge in [-0.25, -0.2) is 0 Å². The molecule has 0 aromatic carbocycles. The highest BCUT2D eigenvalue weighted by Crippen LogP contribution is 2.03. The normalized spacial score (nSPS) is 10.9. The number of pyridine rings is 1. The van der Waals surface area contributed by atoms with Crippen LogP contribution in [0.4, 0.5) is 0 Å². The average Bonchev–Trinajstić information content (AvgIpc) is 2.45. The van der Waals surface area contributed by atoms with Gasteiger partial charge in [-0.05, 0) is 12.1 Å². The molecule has 0 aliphatic carbocycles. The maximum Gasteiger partial charge on any atom is 0.272 e. The first-order valence-electron chi connectivity index (χ1n) is 5.39. The number of nitrogens with zero attached hydrogens (tertiary/aromatic N) is 3. The van der Waals surface area contributed by atoms with Crippen LogP contribution in [0.3, 0.4) is 0 Å². The lowest BCUT2D eigenvalue weighted by atomic mass is 10.2. The molecule has 0 radical (unpaired) electrons. The monoisotopic (exact) mass is 265 g/mol. The van der Waals surface area contributed by atoms with Crippen LogP contribution in [-0.2, 0) is 4.79 Å². The minimum Gasteiger partial charge on any atom is -0.409 e. The van der Waals surface area contributed by atoms with Crippen molar-refractivity contribution in [3.63, 3.8) is 0 Å². The number of carbonyl (C=O) groups excluding carboxylic acids is 2. The second kappa shape index (κ2) is 6.34. The van der Waals surface area contributed by atoms with Crippen LogP contribution in [0, 0.1) is 0 Å². The first-order chi connectivity index (χ1) is 8.99. The zero-order valence-electron chi connectivity index (χ0n) is 10.6. The van der Waals surface area contributed by atoms with Gasteiger partial charge in [-0.3, -0.25) is 14.6 Å². The molecule has 0 unspecified atom stereocenters.